The van der Waals surface area contributed by atoms with Crippen molar-refractivity contribution in [3.63, 3.8) is 0 Å². The van der Waals surface area contributed by atoms with E-state index in [0.29, 0.717) is 18.1 Å². The van der Waals surface area contributed by atoms with Crippen LogP contribution in [0.1, 0.15) is 20.8 Å². The molecule has 0 saturated carbocycles. The van der Waals surface area contributed by atoms with E-state index in [-0.39, 0.29) is 6.61 Å². The molecule has 0 saturated heterocycles. The highest BCUT2D eigenvalue weighted by Crippen LogP contribution is 1.93. The van der Waals surface area contributed by atoms with Gasteiger partial charge in [-0.1, -0.05) is 0 Å². The number of hydrazine groups is 1. The molecule has 78 valence electrons. The quantitative estimate of drug-likeness (QED) is 0.377. The molecule has 13 heavy (non-hydrogen) atoms. The van der Waals surface area contributed by atoms with Gasteiger partial charge in [-0.25, -0.2) is 0 Å². The highest BCUT2D eigenvalue weighted by atomic mass is 16.7. The van der Waals surface area contributed by atoms with Crippen molar-refractivity contribution in [2.75, 3.05) is 19.7 Å². The third kappa shape index (κ3) is 4.51. The average molecular weight is 191 g/mol. The van der Waals surface area contributed by atoms with E-state index < -0.39 is 6.10 Å². The molecule has 0 fully saturated rings. The first kappa shape index (κ1) is 12.0. The van der Waals surface area contributed by atoms with Gasteiger partial charge >= 0.3 is 0 Å². The Morgan fingerprint density at radius 1 is 1.54 bits per heavy atom. The molecule has 0 radical (unpaired) electrons. The smallest absolute Gasteiger partial charge is 0.233 e. The molecule has 0 heterocycles. The van der Waals surface area contributed by atoms with Crippen LogP contribution in [-0.2, 0) is 4.84 Å². The van der Waals surface area contributed by atoms with Crippen molar-refractivity contribution in [3.8, 4) is 0 Å². The first-order chi connectivity index (χ1) is 6.15. The zero-order chi connectivity index (χ0) is 10.3. The lowest BCUT2D eigenvalue weighted by Gasteiger charge is -2.13. The standard InChI is InChI=1S/C7H17N3O3/c1-4-9(5-2)10(12)8-13-7(3)6-11/h7,11H,4-6H2,1-3H3/b10-8-. The lowest BCUT2D eigenvalue weighted by molar-refractivity contribution is -0.711. The van der Waals surface area contributed by atoms with Gasteiger partial charge in [0, 0.05) is 0 Å². The lowest BCUT2D eigenvalue weighted by atomic mass is 10.5. The molecular weight excluding hydrogens is 174 g/mol. The van der Waals surface area contributed by atoms with E-state index in [0.717, 1.165) is 0 Å². The van der Waals surface area contributed by atoms with E-state index in [1.54, 1.807) is 6.92 Å². The minimum Gasteiger partial charge on any atom is -0.569 e. The number of hydrogen-bond donors (Lipinski definition) is 1. The number of rotatable bonds is 6. The molecule has 0 bridgehead atoms. The summed E-state index contributed by atoms with van der Waals surface area (Å²) in [5.41, 5.74) is 0. The Morgan fingerprint density at radius 2 is 2.08 bits per heavy atom. The highest BCUT2D eigenvalue weighted by Gasteiger charge is 2.08. The monoisotopic (exact) mass is 191 g/mol. The van der Waals surface area contributed by atoms with Crippen LogP contribution in [0.15, 0.2) is 5.28 Å². The van der Waals surface area contributed by atoms with Gasteiger partial charge in [-0.3, -0.25) is 0 Å². The lowest BCUT2D eigenvalue weighted by Crippen LogP contribution is -2.30. The molecule has 0 spiro atoms. The molecule has 0 amide bonds. The van der Waals surface area contributed by atoms with Crippen LogP contribution in [-0.4, -0.2) is 40.9 Å². The molecule has 0 aliphatic heterocycles. The molecular formula is C7H17N3O3. The van der Waals surface area contributed by atoms with Crippen LogP contribution in [0.2, 0.25) is 0 Å². The molecule has 0 aromatic rings. The maximum absolute atomic E-state index is 11.1. The van der Waals surface area contributed by atoms with Crippen molar-refractivity contribution in [3.05, 3.63) is 5.21 Å². The second kappa shape index (κ2) is 6.47. The summed E-state index contributed by atoms with van der Waals surface area (Å²) in [4.78, 5) is 5.08. The Morgan fingerprint density at radius 3 is 2.46 bits per heavy atom. The molecule has 6 nitrogen and oxygen atoms in total. The van der Waals surface area contributed by atoms with Crippen molar-refractivity contribution in [1.82, 2.24) is 5.01 Å². The van der Waals surface area contributed by atoms with Crippen LogP contribution >= 0.6 is 0 Å². The molecule has 1 unspecified atom stereocenters. The topological polar surface area (TPSA) is 71.1 Å². The molecule has 0 aliphatic rings. The van der Waals surface area contributed by atoms with E-state index in [4.69, 9.17) is 5.11 Å². The first-order valence-corrected chi connectivity index (χ1v) is 4.35. The predicted molar refractivity (Wildman–Crippen MR) is 46.6 cm³/mol. The normalized spacial score (nSPS) is 14.0. The molecule has 0 aliphatic carbocycles. The highest BCUT2D eigenvalue weighted by molar-refractivity contribution is 4.38. The third-order valence-corrected chi connectivity index (χ3v) is 1.53. The Balaban J connectivity index is 3.98. The minimum atomic E-state index is -0.452. The second-order valence-corrected chi connectivity index (χ2v) is 2.57. The summed E-state index contributed by atoms with van der Waals surface area (Å²) < 4.78 is 0. The van der Waals surface area contributed by atoms with Gasteiger partial charge < -0.3 is 15.2 Å². The Bertz CT molecular complexity index is 159. The Labute approximate surface area is 77.9 Å². The molecule has 1 N–H and O–H groups in total. The SMILES string of the molecule is CCN(CC)/[N+]([O-])=N/OC(C)CO. The first-order valence-electron chi connectivity index (χ1n) is 4.35. The zero-order valence-electron chi connectivity index (χ0n) is 8.30. The van der Waals surface area contributed by atoms with Crippen LogP contribution in [0.5, 0.6) is 0 Å². The summed E-state index contributed by atoms with van der Waals surface area (Å²) >= 11 is 0. The van der Waals surface area contributed by atoms with Gasteiger partial charge in [0.15, 0.2) is 6.10 Å². The van der Waals surface area contributed by atoms with Crippen molar-refractivity contribution in [2.24, 2.45) is 5.28 Å². The van der Waals surface area contributed by atoms with Crippen LogP contribution in [0.4, 0.5) is 0 Å². The summed E-state index contributed by atoms with van der Waals surface area (Å²) in [6.07, 6.45) is -0.452. The third-order valence-electron chi connectivity index (χ3n) is 1.53. The van der Waals surface area contributed by atoms with E-state index in [1.165, 1.54) is 5.01 Å². The summed E-state index contributed by atoms with van der Waals surface area (Å²) in [6, 6.07) is 0. The molecule has 0 rings (SSSR count). The Hall–Kier alpha value is -1.04. The van der Waals surface area contributed by atoms with Crippen molar-refractivity contribution < 1.29 is 14.9 Å². The number of aliphatic hydroxyl groups is 1. The molecule has 0 aromatic carbocycles. The van der Waals surface area contributed by atoms with Gasteiger partial charge in [0.05, 0.1) is 24.7 Å². The minimum absolute atomic E-state index is 0.157. The predicted octanol–water partition coefficient (Wildman–Crippen LogP) is 0.518. The Kier molecular flexibility index (Phi) is 5.96. The molecule has 1 atom stereocenters. The summed E-state index contributed by atoms with van der Waals surface area (Å²) in [7, 11) is 0. The van der Waals surface area contributed by atoms with Gasteiger partial charge in [0.1, 0.15) is 0 Å². The molecule has 6 heteroatoms. The number of aliphatic hydroxyl groups excluding tert-OH is 1. The second-order valence-electron chi connectivity index (χ2n) is 2.57. The zero-order valence-corrected chi connectivity index (χ0v) is 8.30. The van der Waals surface area contributed by atoms with Crippen LogP contribution in [0.3, 0.4) is 0 Å². The van der Waals surface area contributed by atoms with E-state index >= 15 is 0 Å². The van der Waals surface area contributed by atoms with Crippen molar-refractivity contribution in [1.29, 1.82) is 0 Å². The average Bonchev–Trinajstić information content (AvgIpc) is 2.16. The van der Waals surface area contributed by atoms with Gasteiger partial charge in [0.2, 0.25) is 5.28 Å². The fourth-order valence-corrected chi connectivity index (χ4v) is 0.671. The summed E-state index contributed by atoms with van der Waals surface area (Å²) in [5, 5.41) is 24.4. The van der Waals surface area contributed by atoms with Gasteiger partial charge in [-0.15, -0.1) is 5.01 Å². The van der Waals surface area contributed by atoms with Crippen LogP contribution in [0, 0.1) is 5.21 Å². The maximum atomic E-state index is 11.1. The van der Waals surface area contributed by atoms with Crippen LogP contribution in [0.25, 0.3) is 0 Å². The van der Waals surface area contributed by atoms with E-state index in [9.17, 15) is 5.21 Å². The van der Waals surface area contributed by atoms with Gasteiger partial charge in [-0.05, 0) is 20.8 Å². The van der Waals surface area contributed by atoms with Crippen molar-refractivity contribution >= 4 is 0 Å². The summed E-state index contributed by atoms with van der Waals surface area (Å²) in [6.45, 7) is 6.30. The molecule has 0 aromatic heterocycles. The number of hydrogen-bond acceptors (Lipinski definition) is 4. The maximum Gasteiger partial charge on any atom is 0.233 e. The largest absolute Gasteiger partial charge is 0.569 e. The van der Waals surface area contributed by atoms with E-state index in [1.807, 2.05) is 13.8 Å². The fourth-order valence-electron chi connectivity index (χ4n) is 0.671. The number of nitrogens with zero attached hydrogens (tertiary/aromatic N) is 3. The van der Waals surface area contributed by atoms with Gasteiger partial charge in [-0.2, -0.15) is 0 Å². The van der Waals surface area contributed by atoms with E-state index in [2.05, 4.69) is 10.1 Å². The van der Waals surface area contributed by atoms with Crippen molar-refractivity contribution in [2.45, 2.75) is 26.9 Å². The fraction of sp³-hybridized carbons (Fsp3) is 1.00. The van der Waals surface area contributed by atoms with Gasteiger partial charge in [0.25, 0.3) is 0 Å². The summed E-state index contributed by atoms with van der Waals surface area (Å²) in [5.74, 6) is 0. The van der Waals surface area contributed by atoms with Crippen LogP contribution < -0.4 is 0 Å².